The molecule has 2 aromatic carbocycles. The predicted molar refractivity (Wildman–Crippen MR) is 89.2 cm³/mol. The molecule has 3 aromatic rings. The number of fused-ring (bicyclic) bond motifs is 1. The molecule has 0 atom stereocenters. The van der Waals surface area contributed by atoms with Gasteiger partial charge >= 0.3 is 5.97 Å². The van der Waals surface area contributed by atoms with Crippen molar-refractivity contribution in [2.45, 2.75) is 13.8 Å². The Balaban J connectivity index is 2.31. The molecule has 3 rings (SSSR count). The van der Waals surface area contributed by atoms with Crippen molar-refractivity contribution in [3.05, 3.63) is 62.4 Å². The molecule has 1 aromatic heterocycles. The highest BCUT2D eigenvalue weighted by atomic mass is 35.5. The zero-order valence-corrected chi connectivity index (χ0v) is 13.2. The Morgan fingerprint density at radius 2 is 1.83 bits per heavy atom. The first kappa shape index (κ1) is 15.2. The third kappa shape index (κ3) is 2.59. The quantitative estimate of drug-likeness (QED) is 0.753. The summed E-state index contributed by atoms with van der Waals surface area (Å²) in [5.41, 5.74) is 2.90. The van der Waals surface area contributed by atoms with Crippen molar-refractivity contribution in [2.24, 2.45) is 0 Å². The fourth-order valence-corrected chi connectivity index (χ4v) is 2.66. The van der Waals surface area contributed by atoms with Crippen LogP contribution in [0.5, 0.6) is 0 Å². The molecule has 0 bridgehead atoms. The van der Waals surface area contributed by atoms with E-state index in [4.69, 9.17) is 16.7 Å². The van der Waals surface area contributed by atoms with Gasteiger partial charge in [0.25, 0.3) is 0 Å². The first-order valence-corrected chi connectivity index (χ1v) is 7.29. The van der Waals surface area contributed by atoms with Gasteiger partial charge in [-0.1, -0.05) is 17.7 Å². The van der Waals surface area contributed by atoms with Crippen LogP contribution in [-0.4, -0.2) is 21.3 Å². The lowest BCUT2D eigenvalue weighted by molar-refractivity contribution is 0.0688. The molecule has 2 N–H and O–H groups in total. The summed E-state index contributed by atoms with van der Waals surface area (Å²) in [6.07, 6.45) is 0. The highest BCUT2D eigenvalue weighted by Gasteiger charge is 2.15. The molecule has 0 unspecified atom stereocenters. The maximum absolute atomic E-state index is 12.3. The van der Waals surface area contributed by atoms with Gasteiger partial charge in [0.15, 0.2) is 0 Å². The zero-order valence-electron chi connectivity index (χ0n) is 12.5. The minimum absolute atomic E-state index is 0.306. The van der Waals surface area contributed by atoms with Crippen molar-refractivity contribution >= 4 is 28.5 Å². The molecule has 0 saturated carbocycles. The second-order valence-electron chi connectivity index (χ2n) is 5.39. The number of nitrogens with one attached hydrogen (secondary N) is 1. The Labute approximate surface area is 136 Å². The number of carboxylic acids is 1. The number of aromatic nitrogens is 2. The van der Waals surface area contributed by atoms with Gasteiger partial charge in [0.1, 0.15) is 0 Å². The van der Waals surface area contributed by atoms with E-state index in [9.17, 15) is 9.59 Å². The average molecular weight is 329 g/mol. The van der Waals surface area contributed by atoms with Crippen LogP contribution in [0.15, 0.2) is 35.1 Å². The number of hydrogen-bond acceptors (Lipinski definition) is 3. The van der Waals surface area contributed by atoms with Crippen LogP contribution in [0.2, 0.25) is 5.02 Å². The number of H-pyrrole nitrogens is 1. The molecule has 5 nitrogen and oxygen atoms in total. The SMILES string of the molecule is Cc1cc(-c2cc(C)c3[nH]nc(C(=O)O)c(=O)c3c2)ccc1Cl. The van der Waals surface area contributed by atoms with Crippen LogP contribution in [0.25, 0.3) is 22.0 Å². The van der Waals surface area contributed by atoms with Crippen LogP contribution < -0.4 is 5.43 Å². The van der Waals surface area contributed by atoms with Crippen molar-refractivity contribution < 1.29 is 9.90 Å². The lowest BCUT2D eigenvalue weighted by atomic mass is 9.98. The molecule has 0 spiro atoms. The van der Waals surface area contributed by atoms with Crippen molar-refractivity contribution in [3.8, 4) is 11.1 Å². The Bertz CT molecular complexity index is 1010. The monoisotopic (exact) mass is 328 g/mol. The number of hydrogen-bond donors (Lipinski definition) is 2. The molecule has 0 amide bonds. The molecule has 0 aliphatic heterocycles. The lowest BCUT2D eigenvalue weighted by Crippen LogP contribution is -2.18. The van der Waals surface area contributed by atoms with Crippen molar-refractivity contribution in [1.82, 2.24) is 10.2 Å². The second-order valence-corrected chi connectivity index (χ2v) is 5.79. The van der Waals surface area contributed by atoms with Gasteiger partial charge in [-0.05, 0) is 60.4 Å². The van der Waals surface area contributed by atoms with Gasteiger partial charge in [-0.2, -0.15) is 5.10 Å². The molecule has 0 saturated heterocycles. The highest BCUT2D eigenvalue weighted by Crippen LogP contribution is 2.28. The Morgan fingerprint density at radius 3 is 2.48 bits per heavy atom. The number of rotatable bonds is 2. The largest absolute Gasteiger partial charge is 0.476 e. The summed E-state index contributed by atoms with van der Waals surface area (Å²) in [5.74, 6) is -1.35. The van der Waals surface area contributed by atoms with Gasteiger partial charge in [0.05, 0.1) is 10.9 Å². The highest BCUT2D eigenvalue weighted by molar-refractivity contribution is 6.31. The Hall–Kier alpha value is -2.66. The number of nitrogens with zero attached hydrogens (tertiary/aromatic N) is 1. The average Bonchev–Trinajstić information content (AvgIpc) is 2.50. The van der Waals surface area contributed by atoms with E-state index in [1.54, 1.807) is 12.1 Å². The van der Waals surface area contributed by atoms with E-state index in [1.807, 2.05) is 32.0 Å². The Morgan fingerprint density at radius 1 is 1.13 bits per heavy atom. The van der Waals surface area contributed by atoms with Crippen LogP contribution in [0.4, 0.5) is 0 Å². The first-order chi connectivity index (χ1) is 10.9. The van der Waals surface area contributed by atoms with Gasteiger partial charge in [-0.15, -0.1) is 0 Å². The molecule has 0 aliphatic carbocycles. The van der Waals surface area contributed by atoms with Gasteiger partial charge in [0.2, 0.25) is 11.1 Å². The predicted octanol–water partition coefficient (Wildman–Crippen LogP) is 3.56. The summed E-state index contributed by atoms with van der Waals surface area (Å²) < 4.78 is 0. The van der Waals surface area contributed by atoms with Gasteiger partial charge in [-0.25, -0.2) is 4.79 Å². The summed E-state index contributed by atoms with van der Waals surface area (Å²) in [4.78, 5) is 23.4. The van der Waals surface area contributed by atoms with Crippen molar-refractivity contribution in [3.63, 3.8) is 0 Å². The van der Waals surface area contributed by atoms with E-state index >= 15 is 0 Å². The fraction of sp³-hybridized carbons (Fsp3) is 0.118. The smallest absolute Gasteiger partial charge is 0.360 e. The molecule has 6 heteroatoms. The zero-order chi connectivity index (χ0) is 16.7. The lowest BCUT2D eigenvalue weighted by Gasteiger charge is -2.09. The van der Waals surface area contributed by atoms with Crippen LogP contribution in [0.3, 0.4) is 0 Å². The standard InChI is InChI=1S/C17H13ClN2O3/c1-8-5-10(3-4-13(8)18)11-6-9(2)14-12(7-11)16(21)15(17(22)23)20-19-14/h3-7H,1-2H3,(H,19,21)(H,22,23). The molecule has 1 heterocycles. The van der Waals surface area contributed by atoms with Gasteiger partial charge < -0.3 is 5.11 Å². The van der Waals surface area contributed by atoms with E-state index in [2.05, 4.69) is 10.2 Å². The minimum atomic E-state index is -1.35. The number of aromatic amines is 1. The van der Waals surface area contributed by atoms with Crippen molar-refractivity contribution in [2.75, 3.05) is 0 Å². The summed E-state index contributed by atoms with van der Waals surface area (Å²) in [6.45, 7) is 3.74. The van der Waals surface area contributed by atoms with E-state index < -0.39 is 17.1 Å². The topological polar surface area (TPSA) is 83.1 Å². The molecule has 0 radical (unpaired) electrons. The summed E-state index contributed by atoms with van der Waals surface area (Å²) in [6, 6.07) is 9.19. The van der Waals surface area contributed by atoms with Crippen molar-refractivity contribution in [1.29, 1.82) is 0 Å². The third-order valence-electron chi connectivity index (χ3n) is 3.77. The molecule has 23 heavy (non-hydrogen) atoms. The number of carboxylic acid groups (broad SMARTS) is 1. The third-order valence-corrected chi connectivity index (χ3v) is 4.19. The second kappa shape index (κ2) is 5.52. The molecule has 0 aliphatic rings. The molecular formula is C17H13ClN2O3. The molecular weight excluding hydrogens is 316 g/mol. The van der Waals surface area contributed by atoms with Gasteiger partial charge in [-0.3, -0.25) is 9.89 Å². The first-order valence-electron chi connectivity index (χ1n) is 6.91. The van der Waals surface area contributed by atoms with Crippen LogP contribution in [0, 0.1) is 13.8 Å². The van der Waals surface area contributed by atoms with E-state index in [0.29, 0.717) is 15.9 Å². The maximum atomic E-state index is 12.3. The normalized spacial score (nSPS) is 10.9. The summed E-state index contributed by atoms with van der Waals surface area (Å²) >= 11 is 6.05. The Kier molecular flexibility index (Phi) is 3.66. The molecule has 0 fully saturated rings. The van der Waals surface area contributed by atoms with Gasteiger partial charge in [0, 0.05) is 5.02 Å². The van der Waals surface area contributed by atoms with E-state index in [-0.39, 0.29) is 0 Å². The number of aryl methyl sites for hydroxylation is 2. The fourth-order valence-electron chi connectivity index (χ4n) is 2.54. The van der Waals surface area contributed by atoms with Crippen LogP contribution in [-0.2, 0) is 0 Å². The number of aromatic carboxylic acids is 1. The van der Waals surface area contributed by atoms with Crippen LogP contribution in [0.1, 0.15) is 21.6 Å². The number of carbonyl (C=O) groups is 1. The van der Waals surface area contributed by atoms with E-state index in [1.165, 1.54) is 0 Å². The van der Waals surface area contributed by atoms with E-state index in [0.717, 1.165) is 22.3 Å². The summed E-state index contributed by atoms with van der Waals surface area (Å²) in [5, 5.41) is 16.3. The number of halogens is 1. The number of benzene rings is 2. The summed E-state index contributed by atoms with van der Waals surface area (Å²) in [7, 11) is 0. The van der Waals surface area contributed by atoms with Crippen LogP contribution >= 0.6 is 11.6 Å². The minimum Gasteiger partial charge on any atom is -0.476 e. The maximum Gasteiger partial charge on any atom is 0.360 e. The molecule has 116 valence electrons.